The third-order valence-corrected chi connectivity index (χ3v) is 8.21. The van der Waals surface area contributed by atoms with E-state index in [4.69, 9.17) is 4.74 Å². The Labute approximate surface area is 187 Å². The van der Waals surface area contributed by atoms with Gasteiger partial charge in [0.2, 0.25) is 0 Å². The van der Waals surface area contributed by atoms with Gasteiger partial charge in [-0.2, -0.15) is 0 Å². The summed E-state index contributed by atoms with van der Waals surface area (Å²) in [5.74, 6) is -0.222. The zero-order chi connectivity index (χ0) is 21.9. The summed E-state index contributed by atoms with van der Waals surface area (Å²) in [6.45, 7) is 2.94. The van der Waals surface area contributed by atoms with Gasteiger partial charge >= 0.3 is 0 Å². The Morgan fingerprint density at radius 3 is 2.78 bits per heavy atom. The summed E-state index contributed by atoms with van der Waals surface area (Å²) in [6.07, 6.45) is 0. The van der Waals surface area contributed by atoms with E-state index in [2.05, 4.69) is 19.9 Å². The number of benzene rings is 3. The maximum atomic E-state index is 13.3. The molecule has 3 heterocycles. The van der Waals surface area contributed by atoms with Crippen molar-refractivity contribution in [1.82, 2.24) is 4.98 Å². The minimum Gasteiger partial charge on any atom is -0.378 e. The minimum absolute atomic E-state index is 0.132. The van der Waals surface area contributed by atoms with E-state index in [0.717, 1.165) is 28.4 Å². The number of morpholine rings is 1. The van der Waals surface area contributed by atoms with Crippen LogP contribution in [0.25, 0.3) is 21.0 Å². The Balaban J connectivity index is 1.36. The standard InChI is InChI=1S/C22H18N4O4S2/c27-21-15-3-1-2-14-19(7-6-17(23-21)20(14)15)32(28,29)25-13-4-5-16-18(12-13)31-22(24-16)26-8-10-30-11-9-26/h1-7,12,25H,8-11H2,(H,23,27). The molecule has 0 saturated carbocycles. The Kier molecular flexibility index (Phi) is 4.36. The van der Waals surface area contributed by atoms with Gasteiger partial charge in [0.25, 0.3) is 15.9 Å². The molecule has 8 nitrogen and oxygen atoms in total. The third kappa shape index (κ3) is 3.10. The minimum atomic E-state index is -3.88. The molecule has 1 amide bonds. The lowest BCUT2D eigenvalue weighted by Crippen LogP contribution is -2.36. The summed E-state index contributed by atoms with van der Waals surface area (Å²) >= 11 is 1.53. The van der Waals surface area contributed by atoms with E-state index >= 15 is 0 Å². The fraction of sp³-hybridized carbons (Fsp3) is 0.182. The van der Waals surface area contributed by atoms with Gasteiger partial charge in [-0.15, -0.1) is 0 Å². The Morgan fingerprint density at radius 1 is 1.09 bits per heavy atom. The number of fused-ring (bicyclic) bond motifs is 1. The number of ether oxygens (including phenoxy) is 1. The summed E-state index contributed by atoms with van der Waals surface area (Å²) in [4.78, 5) is 19.1. The van der Waals surface area contributed by atoms with Crippen molar-refractivity contribution in [2.24, 2.45) is 0 Å². The second-order valence-corrected chi connectivity index (χ2v) is 10.3. The average Bonchev–Trinajstić information content (AvgIpc) is 3.36. The number of amides is 1. The second kappa shape index (κ2) is 7.16. The number of nitrogens with zero attached hydrogens (tertiary/aromatic N) is 2. The number of carbonyl (C=O) groups excluding carboxylic acids is 1. The normalized spacial score (nSPS) is 16.0. The van der Waals surface area contributed by atoms with Crippen LogP contribution in [-0.2, 0) is 14.8 Å². The van der Waals surface area contributed by atoms with Gasteiger partial charge < -0.3 is 15.0 Å². The van der Waals surface area contributed by atoms with Gasteiger partial charge in [-0.1, -0.05) is 23.5 Å². The van der Waals surface area contributed by atoms with Crippen molar-refractivity contribution < 1.29 is 17.9 Å². The van der Waals surface area contributed by atoms with Crippen LogP contribution >= 0.6 is 11.3 Å². The van der Waals surface area contributed by atoms with Gasteiger partial charge in [-0.05, 0) is 36.4 Å². The molecule has 0 radical (unpaired) electrons. The molecule has 0 atom stereocenters. The first-order chi connectivity index (χ1) is 15.5. The predicted octanol–water partition coefficient (Wildman–Crippen LogP) is 3.65. The quantitative estimate of drug-likeness (QED) is 0.476. The Bertz CT molecular complexity index is 1510. The van der Waals surface area contributed by atoms with Crippen molar-refractivity contribution in [3.8, 4) is 0 Å². The topological polar surface area (TPSA) is 101 Å². The van der Waals surface area contributed by atoms with Crippen LogP contribution in [0.4, 0.5) is 16.5 Å². The molecule has 0 spiro atoms. The number of hydrogen-bond donors (Lipinski definition) is 2. The highest BCUT2D eigenvalue weighted by Crippen LogP contribution is 2.37. The highest BCUT2D eigenvalue weighted by molar-refractivity contribution is 7.93. The number of rotatable bonds is 4. The maximum absolute atomic E-state index is 13.3. The molecule has 0 aliphatic carbocycles. The molecule has 4 aromatic rings. The van der Waals surface area contributed by atoms with Crippen molar-refractivity contribution in [1.29, 1.82) is 0 Å². The number of sulfonamides is 1. The Morgan fingerprint density at radius 2 is 1.94 bits per heavy atom. The zero-order valence-corrected chi connectivity index (χ0v) is 18.4. The summed E-state index contributed by atoms with van der Waals surface area (Å²) in [7, 11) is -3.88. The maximum Gasteiger partial charge on any atom is 0.262 e. The molecule has 2 aliphatic rings. The van der Waals surface area contributed by atoms with E-state index in [1.807, 2.05) is 6.07 Å². The lowest BCUT2D eigenvalue weighted by atomic mass is 10.1. The number of nitrogens with one attached hydrogen (secondary N) is 2. The third-order valence-electron chi connectivity index (χ3n) is 5.69. The van der Waals surface area contributed by atoms with E-state index in [9.17, 15) is 13.2 Å². The molecule has 1 saturated heterocycles. The van der Waals surface area contributed by atoms with Gasteiger partial charge in [-0.3, -0.25) is 9.52 Å². The zero-order valence-electron chi connectivity index (χ0n) is 16.8. The van der Waals surface area contributed by atoms with Gasteiger partial charge in [0.1, 0.15) is 0 Å². The summed E-state index contributed by atoms with van der Waals surface area (Å²) in [5.41, 5.74) is 2.40. The van der Waals surface area contributed by atoms with E-state index in [-0.39, 0.29) is 10.8 Å². The molecule has 6 rings (SSSR count). The molecular formula is C22H18N4O4S2. The fourth-order valence-electron chi connectivity index (χ4n) is 4.17. The number of anilines is 3. The van der Waals surface area contributed by atoms with Crippen LogP contribution in [0.15, 0.2) is 53.4 Å². The summed E-state index contributed by atoms with van der Waals surface area (Å²) in [6, 6.07) is 13.6. The second-order valence-electron chi connectivity index (χ2n) is 7.68. The molecule has 2 aliphatic heterocycles. The molecule has 1 fully saturated rings. The van der Waals surface area contributed by atoms with Crippen LogP contribution in [0.2, 0.25) is 0 Å². The van der Waals surface area contributed by atoms with E-state index in [1.54, 1.807) is 36.4 Å². The van der Waals surface area contributed by atoms with Crippen LogP contribution < -0.4 is 14.9 Å². The molecular weight excluding hydrogens is 448 g/mol. The summed E-state index contributed by atoms with van der Waals surface area (Å²) < 4.78 is 35.6. The van der Waals surface area contributed by atoms with Crippen molar-refractivity contribution in [2.45, 2.75) is 4.90 Å². The fourth-order valence-corrected chi connectivity index (χ4v) is 6.48. The van der Waals surface area contributed by atoms with E-state index in [0.29, 0.717) is 40.9 Å². The molecule has 0 unspecified atom stereocenters. The SMILES string of the molecule is O=C1Nc2ccc(S(=O)(=O)Nc3ccc4nc(N5CCOCC5)sc4c3)c3cccc1c23. The predicted molar refractivity (Wildman–Crippen MR) is 125 cm³/mol. The molecule has 162 valence electrons. The van der Waals surface area contributed by atoms with Crippen LogP contribution in [0.3, 0.4) is 0 Å². The highest BCUT2D eigenvalue weighted by atomic mass is 32.2. The van der Waals surface area contributed by atoms with Crippen LogP contribution in [0.1, 0.15) is 10.4 Å². The smallest absolute Gasteiger partial charge is 0.262 e. The van der Waals surface area contributed by atoms with Gasteiger partial charge in [0.15, 0.2) is 5.13 Å². The first-order valence-electron chi connectivity index (χ1n) is 10.1. The highest BCUT2D eigenvalue weighted by Gasteiger charge is 2.26. The first-order valence-corrected chi connectivity index (χ1v) is 12.4. The molecule has 0 bridgehead atoms. The summed E-state index contributed by atoms with van der Waals surface area (Å²) in [5, 5.41) is 4.83. The monoisotopic (exact) mass is 466 g/mol. The van der Waals surface area contributed by atoms with Crippen molar-refractivity contribution in [3.05, 3.63) is 54.1 Å². The molecule has 2 N–H and O–H groups in total. The molecule has 3 aromatic carbocycles. The van der Waals surface area contributed by atoms with Crippen molar-refractivity contribution in [2.75, 3.05) is 41.2 Å². The largest absolute Gasteiger partial charge is 0.378 e. The van der Waals surface area contributed by atoms with Crippen molar-refractivity contribution >= 4 is 64.8 Å². The number of hydrogen-bond acceptors (Lipinski definition) is 7. The van der Waals surface area contributed by atoms with Gasteiger partial charge in [-0.25, -0.2) is 13.4 Å². The van der Waals surface area contributed by atoms with Gasteiger partial charge in [0, 0.05) is 35.1 Å². The number of aromatic nitrogens is 1. The van der Waals surface area contributed by atoms with Crippen LogP contribution in [0.5, 0.6) is 0 Å². The molecule has 10 heteroatoms. The Hall–Kier alpha value is -3.21. The molecule has 1 aromatic heterocycles. The molecule has 32 heavy (non-hydrogen) atoms. The van der Waals surface area contributed by atoms with Crippen LogP contribution in [-0.4, -0.2) is 45.6 Å². The first kappa shape index (κ1) is 19.5. The van der Waals surface area contributed by atoms with E-state index < -0.39 is 10.0 Å². The number of thiazole rings is 1. The van der Waals surface area contributed by atoms with Crippen LogP contribution in [0, 0.1) is 0 Å². The lowest BCUT2D eigenvalue weighted by Gasteiger charge is -2.25. The number of carbonyl (C=O) groups is 1. The lowest BCUT2D eigenvalue weighted by molar-refractivity contribution is 0.103. The van der Waals surface area contributed by atoms with Gasteiger partial charge in [0.05, 0.1) is 34.0 Å². The van der Waals surface area contributed by atoms with E-state index in [1.165, 1.54) is 17.4 Å². The average molecular weight is 467 g/mol. The van der Waals surface area contributed by atoms with Crippen molar-refractivity contribution in [3.63, 3.8) is 0 Å².